The molecule has 32 heavy (non-hydrogen) atoms. The molecule has 1 amide bonds. The van der Waals surface area contributed by atoms with E-state index in [0.717, 1.165) is 5.56 Å². The number of hydrogen-bond donors (Lipinski definition) is 1. The molecule has 162 valence electrons. The molecule has 0 fully saturated rings. The molecular formula is C24H20ClFN4O2. The number of halogens is 2. The number of anilines is 2. The van der Waals surface area contributed by atoms with Crippen LogP contribution in [0.15, 0.2) is 71.5 Å². The largest absolute Gasteiger partial charge is 0.336 e. The van der Waals surface area contributed by atoms with Crippen molar-refractivity contribution in [2.75, 3.05) is 4.90 Å². The molecule has 0 atom stereocenters. The second-order valence-electron chi connectivity index (χ2n) is 7.03. The van der Waals surface area contributed by atoms with E-state index in [2.05, 4.69) is 10.1 Å². The van der Waals surface area contributed by atoms with E-state index in [4.69, 9.17) is 21.9 Å². The van der Waals surface area contributed by atoms with Gasteiger partial charge in [0.25, 0.3) is 0 Å². The highest BCUT2D eigenvalue weighted by molar-refractivity contribution is 6.31. The second kappa shape index (κ2) is 9.30. The lowest BCUT2D eigenvalue weighted by atomic mass is 9.99. The van der Waals surface area contributed by atoms with Gasteiger partial charge in [-0.2, -0.15) is 0 Å². The Labute approximate surface area is 189 Å². The van der Waals surface area contributed by atoms with Crippen molar-refractivity contribution in [2.45, 2.75) is 19.9 Å². The fourth-order valence-electron chi connectivity index (χ4n) is 3.43. The predicted octanol–water partition coefficient (Wildman–Crippen LogP) is 5.73. The van der Waals surface area contributed by atoms with Crippen molar-refractivity contribution >= 4 is 29.1 Å². The van der Waals surface area contributed by atoms with Crippen molar-refractivity contribution in [1.29, 1.82) is 0 Å². The van der Waals surface area contributed by atoms with E-state index < -0.39 is 5.82 Å². The van der Waals surface area contributed by atoms with Crippen LogP contribution in [0.3, 0.4) is 0 Å². The zero-order chi connectivity index (χ0) is 22.7. The Balaban J connectivity index is 2.00. The number of carbonyl (C=O) groups excluding carboxylic acids is 1. The molecule has 0 radical (unpaired) electrons. The van der Waals surface area contributed by atoms with E-state index >= 15 is 0 Å². The van der Waals surface area contributed by atoms with Crippen LogP contribution in [-0.4, -0.2) is 16.0 Å². The van der Waals surface area contributed by atoms with Crippen molar-refractivity contribution in [3.63, 3.8) is 0 Å². The van der Waals surface area contributed by atoms with Gasteiger partial charge < -0.3 is 10.3 Å². The summed E-state index contributed by atoms with van der Waals surface area (Å²) in [7, 11) is 0. The Bertz CT molecular complexity index is 1260. The van der Waals surface area contributed by atoms with Gasteiger partial charge in [-0.05, 0) is 53.6 Å². The van der Waals surface area contributed by atoms with Crippen LogP contribution in [0.25, 0.3) is 22.4 Å². The van der Waals surface area contributed by atoms with E-state index in [-0.39, 0.29) is 36.0 Å². The highest BCUT2D eigenvalue weighted by atomic mass is 35.5. The molecule has 0 unspecified atom stereocenters. The molecule has 8 heteroatoms. The zero-order valence-corrected chi connectivity index (χ0v) is 18.0. The van der Waals surface area contributed by atoms with Crippen LogP contribution in [0, 0.1) is 5.82 Å². The van der Waals surface area contributed by atoms with Crippen LogP contribution < -0.4 is 10.6 Å². The van der Waals surface area contributed by atoms with Gasteiger partial charge >= 0.3 is 0 Å². The van der Waals surface area contributed by atoms with Gasteiger partial charge in [0.2, 0.25) is 11.8 Å². The third kappa shape index (κ3) is 4.12. The quantitative estimate of drug-likeness (QED) is 0.405. The molecule has 2 N–H and O–H groups in total. The van der Waals surface area contributed by atoms with E-state index in [1.54, 1.807) is 67.8 Å². The summed E-state index contributed by atoms with van der Waals surface area (Å²) in [6, 6.07) is 14.9. The molecule has 0 bridgehead atoms. The highest BCUT2D eigenvalue weighted by Crippen LogP contribution is 2.43. The number of rotatable bonds is 6. The number of carbonyl (C=O) groups is 1. The fourth-order valence-corrected chi connectivity index (χ4v) is 3.61. The van der Waals surface area contributed by atoms with Crippen LogP contribution >= 0.6 is 11.6 Å². The molecule has 0 spiro atoms. The van der Waals surface area contributed by atoms with Gasteiger partial charge in [0.05, 0.1) is 11.3 Å². The minimum atomic E-state index is -0.478. The Hall–Kier alpha value is -3.55. The second-order valence-corrected chi connectivity index (χ2v) is 7.46. The summed E-state index contributed by atoms with van der Waals surface area (Å²) in [4.78, 5) is 18.5. The van der Waals surface area contributed by atoms with Crippen molar-refractivity contribution in [1.82, 2.24) is 10.1 Å². The van der Waals surface area contributed by atoms with Crippen LogP contribution in [0.1, 0.15) is 18.9 Å². The minimum Gasteiger partial charge on any atom is -0.336 e. The molecule has 2 aromatic carbocycles. The van der Waals surface area contributed by atoms with Crippen LogP contribution in [0.5, 0.6) is 0 Å². The van der Waals surface area contributed by atoms with E-state index in [9.17, 15) is 9.18 Å². The van der Waals surface area contributed by atoms with Gasteiger partial charge in [-0.3, -0.25) is 9.78 Å². The molecule has 0 aliphatic rings. The van der Waals surface area contributed by atoms with E-state index in [1.165, 1.54) is 11.0 Å². The molecule has 2 aromatic heterocycles. The molecule has 0 saturated heterocycles. The molecule has 4 rings (SSSR count). The maximum Gasteiger partial charge on any atom is 0.247 e. The van der Waals surface area contributed by atoms with E-state index in [1.807, 2.05) is 0 Å². The number of hydrogen-bond acceptors (Lipinski definition) is 5. The van der Waals surface area contributed by atoms with Gasteiger partial charge in [0.1, 0.15) is 11.5 Å². The number of nitrogens with zero attached hydrogens (tertiary/aromatic N) is 3. The Morgan fingerprint density at radius 3 is 2.62 bits per heavy atom. The molecule has 0 aliphatic heterocycles. The van der Waals surface area contributed by atoms with E-state index in [0.29, 0.717) is 21.8 Å². The maximum atomic E-state index is 14.9. The van der Waals surface area contributed by atoms with Crippen molar-refractivity contribution in [2.24, 2.45) is 5.73 Å². The smallest absolute Gasteiger partial charge is 0.247 e. The molecular weight excluding hydrogens is 431 g/mol. The number of benzene rings is 2. The molecule has 2 heterocycles. The topological polar surface area (TPSA) is 85.2 Å². The average Bonchev–Trinajstić information content (AvgIpc) is 3.24. The summed E-state index contributed by atoms with van der Waals surface area (Å²) >= 11 is 6.18. The summed E-state index contributed by atoms with van der Waals surface area (Å²) in [6.07, 6.45) is 3.41. The predicted molar refractivity (Wildman–Crippen MR) is 122 cm³/mol. The third-order valence-corrected chi connectivity index (χ3v) is 5.22. The summed E-state index contributed by atoms with van der Waals surface area (Å²) in [5, 5.41) is 4.64. The van der Waals surface area contributed by atoms with Gasteiger partial charge in [0.15, 0.2) is 0 Å². The lowest BCUT2D eigenvalue weighted by Crippen LogP contribution is -2.25. The molecule has 0 aliphatic carbocycles. The van der Waals surface area contributed by atoms with Crippen molar-refractivity contribution in [3.05, 3.63) is 83.4 Å². The highest BCUT2D eigenvalue weighted by Gasteiger charge is 2.29. The first-order chi connectivity index (χ1) is 15.5. The number of pyridine rings is 1. The normalized spacial score (nSPS) is 10.9. The summed E-state index contributed by atoms with van der Waals surface area (Å²) < 4.78 is 20.6. The molecule has 4 aromatic rings. The summed E-state index contributed by atoms with van der Waals surface area (Å²) in [6.45, 7) is 1.99. The Morgan fingerprint density at radius 2 is 1.94 bits per heavy atom. The molecule has 0 saturated carbocycles. The van der Waals surface area contributed by atoms with Crippen LogP contribution in [0.2, 0.25) is 5.02 Å². The third-order valence-electron chi connectivity index (χ3n) is 4.99. The lowest BCUT2D eigenvalue weighted by Gasteiger charge is -2.21. The fraction of sp³-hybridized carbons (Fsp3) is 0.125. The standard InChI is InChI=1S/C24H20ClFN4O2/c1-2-21(31)30(18-5-3-4-17(25)13-18)24-22(16-8-10-28-11-9-16)23(29-32-24)19-12-15(14-27)6-7-20(19)26/h3-13H,2,14,27H2,1H3. The first-order valence-electron chi connectivity index (χ1n) is 10.0. The van der Waals surface area contributed by atoms with Gasteiger partial charge in [-0.25, -0.2) is 9.29 Å². The minimum absolute atomic E-state index is 0.165. The number of aromatic nitrogens is 2. The van der Waals surface area contributed by atoms with Crippen molar-refractivity contribution < 1.29 is 13.7 Å². The maximum absolute atomic E-state index is 14.9. The summed E-state index contributed by atoms with van der Waals surface area (Å²) in [5.74, 6) is -0.548. The Morgan fingerprint density at radius 1 is 1.16 bits per heavy atom. The monoisotopic (exact) mass is 450 g/mol. The number of nitrogens with two attached hydrogens (primary N) is 1. The summed E-state index contributed by atoms with van der Waals surface area (Å²) in [5.41, 5.74) is 8.62. The first-order valence-corrected chi connectivity index (χ1v) is 10.4. The lowest BCUT2D eigenvalue weighted by molar-refractivity contribution is -0.117. The number of amides is 1. The van der Waals surface area contributed by atoms with Crippen LogP contribution in [0.4, 0.5) is 16.0 Å². The van der Waals surface area contributed by atoms with Gasteiger partial charge in [-0.15, -0.1) is 0 Å². The van der Waals surface area contributed by atoms with Gasteiger partial charge in [-0.1, -0.05) is 35.8 Å². The first kappa shape index (κ1) is 21.7. The van der Waals surface area contributed by atoms with Gasteiger partial charge in [0, 0.05) is 35.9 Å². The van der Waals surface area contributed by atoms with Crippen LogP contribution in [-0.2, 0) is 11.3 Å². The Kier molecular flexibility index (Phi) is 6.30. The zero-order valence-electron chi connectivity index (χ0n) is 17.3. The van der Waals surface area contributed by atoms with Crippen molar-refractivity contribution in [3.8, 4) is 22.4 Å². The molecule has 6 nitrogen and oxygen atoms in total. The average molecular weight is 451 g/mol. The SMILES string of the molecule is CCC(=O)N(c1cccc(Cl)c1)c1onc(-c2cc(CN)ccc2F)c1-c1ccncc1.